The zero-order chi connectivity index (χ0) is 19.9. The number of aryl methyl sites for hydroxylation is 1. The molecule has 0 unspecified atom stereocenters. The molecule has 0 spiro atoms. The van der Waals surface area contributed by atoms with Gasteiger partial charge in [0.1, 0.15) is 17.9 Å². The molecule has 4 rings (SSSR count). The predicted molar refractivity (Wildman–Crippen MR) is 109 cm³/mol. The number of imidazole rings is 1. The number of carbonyl (C=O) groups is 1. The first-order valence-corrected chi connectivity index (χ1v) is 9.53. The van der Waals surface area contributed by atoms with Crippen LogP contribution in [0.15, 0.2) is 36.8 Å². The summed E-state index contributed by atoms with van der Waals surface area (Å²) in [4.78, 5) is 19.6. The maximum absolute atomic E-state index is 10.6. The number of nitrogens with one attached hydrogen (secondary N) is 1. The number of carbonyl (C=O) groups excluding carboxylic acids is 1. The van der Waals surface area contributed by atoms with Crippen molar-refractivity contribution in [2.75, 3.05) is 25.1 Å². The number of aromatic nitrogens is 3. The van der Waals surface area contributed by atoms with Gasteiger partial charge in [-0.2, -0.15) is 0 Å². The summed E-state index contributed by atoms with van der Waals surface area (Å²) in [5.41, 5.74) is 2.52. The van der Waals surface area contributed by atoms with E-state index in [1.165, 1.54) is 0 Å². The first-order valence-electron chi connectivity index (χ1n) is 9.53. The standard InChI is InChI=1S/C17H18N4O2.C4H8O/c1-3-12-9-21(10-18-12)17-8-16(23-4-2)14-7-13(19-11-22)5-6-15(14)20-17;1-4-2-5-3-4/h5-11H,3-4H2,1-2H3,(H,19,22);4H,2-3H2,1H3. The molecule has 0 radical (unpaired) electrons. The molecular formula is C21H26N4O3. The minimum atomic E-state index is 0.550. The van der Waals surface area contributed by atoms with Gasteiger partial charge in [-0.15, -0.1) is 0 Å². The second-order valence-corrected chi connectivity index (χ2v) is 6.67. The molecule has 1 amide bonds. The van der Waals surface area contributed by atoms with Gasteiger partial charge in [0, 0.05) is 29.3 Å². The van der Waals surface area contributed by atoms with Gasteiger partial charge < -0.3 is 14.8 Å². The van der Waals surface area contributed by atoms with Gasteiger partial charge in [-0.3, -0.25) is 9.36 Å². The highest BCUT2D eigenvalue weighted by Crippen LogP contribution is 2.29. The lowest BCUT2D eigenvalue weighted by atomic mass is 10.1. The van der Waals surface area contributed by atoms with Crippen LogP contribution < -0.4 is 10.1 Å². The maximum atomic E-state index is 10.6. The van der Waals surface area contributed by atoms with Crippen molar-refractivity contribution < 1.29 is 14.3 Å². The summed E-state index contributed by atoms with van der Waals surface area (Å²) in [5.74, 6) is 2.33. The Morgan fingerprint density at radius 3 is 2.68 bits per heavy atom. The van der Waals surface area contributed by atoms with E-state index < -0.39 is 0 Å². The van der Waals surface area contributed by atoms with Crippen molar-refractivity contribution in [2.24, 2.45) is 5.92 Å². The van der Waals surface area contributed by atoms with E-state index in [1.807, 2.05) is 42.0 Å². The van der Waals surface area contributed by atoms with E-state index in [2.05, 4.69) is 29.1 Å². The number of nitrogens with zero attached hydrogens (tertiary/aromatic N) is 3. The van der Waals surface area contributed by atoms with Crippen LogP contribution in [0, 0.1) is 5.92 Å². The van der Waals surface area contributed by atoms with Crippen LogP contribution in [0.1, 0.15) is 26.5 Å². The highest BCUT2D eigenvalue weighted by Gasteiger charge is 2.10. The second-order valence-electron chi connectivity index (χ2n) is 6.67. The summed E-state index contributed by atoms with van der Waals surface area (Å²) in [6, 6.07) is 7.42. The van der Waals surface area contributed by atoms with Crippen LogP contribution in [-0.4, -0.2) is 40.8 Å². The van der Waals surface area contributed by atoms with Gasteiger partial charge in [0.15, 0.2) is 0 Å². The molecule has 28 heavy (non-hydrogen) atoms. The van der Waals surface area contributed by atoms with Crippen molar-refractivity contribution in [3.8, 4) is 11.6 Å². The fourth-order valence-electron chi connectivity index (χ4n) is 2.77. The van der Waals surface area contributed by atoms with Gasteiger partial charge in [-0.05, 0) is 31.5 Å². The molecule has 2 aromatic heterocycles. The van der Waals surface area contributed by atoms with E-state index in [4.69, 9.17) is 9.47 Å². The molecule has 1 fully saturated rings. The van der Waals surface area contributed by atoms with Crippen LogP contribution >= 0.6 is 0 Å². The van der Waals surface area contributed by atoms with Crippen molar-refractivity contribution >= 4 is 23.0 Å². The Hall–Kier alpha value is -2.93. The molecule has 0 bridgehead atoms. The lowest BCUT2D eigenvalue weighted by Crippen LogP contribution is -2.23. The Kier molecular flexibility index (Phi) is 6.60. The van der Waals surface area contributed by atoms with E-state index in [1.54, 1.807) is 6.33 Å². The lowest BCUT2D eigenvalue weighted by molar-refractivity contribution is -0.105. The van der Waals surface area contributed by atoms with E-state index in [0.29, 0.717) is 18.7 Å². The fourth-order valence-corrected chi connectivity index (χ4v) is 2.77. The molecule has 0 aliphatic carbocycles. The maximum Gasteiger partial charge on any atom is 0.211 e. The van der Waals surface area contributed by atoms with Crippen molar-refractivity contribution in [2.45, 2.75) is 27.2 Å². The van der Waals surface area contributed by atoms with Gasteiger partial charge in [0.2, 0.25) is 6.41 Å². The van der Waals surface area contributed by atoms with E-state index >= 15 is 0 Å². The number of hydrogen-bond acceptors (Lipinski definition) is 5. The summed E-state index contributed by atoms with van der Waals surface area (Å²) in [6.45, 7) is 8.71. The van der Waals surface area contributed by atoms with Crippen molar-refractivity contribution in [1.29, 1.82) is 0 Å². The predicted octanol–water partition coefficient (Wildman–Crippen LogP) is 3.60. The van der Waals surface area contributed by atoms with E-state index in [9.17, 15) is 4.79 Å². The van der Waals surface area contributed by atoms with Crippen LogP contribution in [0.25, 0.3) is 16.7 Å². The van der Waals surface area contributed by atoms with Crippen LogP contribution in [0.2, 0.25) is 0 Å². The van der Waals surface area contributed by atoms with Gasteiger partial charge in [0.25, 0.3) is 0 Å². The number of anilines is 1. The van der Waals surface area contributed by atoms with Crippen LogP contribution in [0.5, 0.6) is 5.75 Å². The van der Waals surface area contributed by atoms with E-state index in [0.717, 1.165) is 53.7 Å². The summed E-state index contributed by atoms with van der Waals surface area (Å²) in [7, 11) is 0. The molecular weight excluding hydrogens is 356 g/mol. The number of pyridine rings is 1. The highest BCUT2D eigenvalue weighted by molar-refractivity contribution is 5.90. The number of hydrogen-bond donors (Lipinski definition) is 1. The zero-order valence-electron chi connectivity index (χ0n) is 16.5. The number of rotatable bonds is 6. The Morgan fingerprint density at radius 2 is 2.11 bits per heavy atom. The third-order valence-electron chi connectivity index (χ3n) is 4.35. The monoisotopic (exact) mass is 382 g/mol. The molecule has 1 saturated heterocycles. The molecule has 3 heterocycles. The topological polar surface area (TPSA) is 78.3 Å². The largest absolute Gasteiger partial charge is 0.493 e. The molecule has 1 N–H and O–H groups in total. The van der Waals surface area contributed by atoms with Gasteiger partial charge >= 0.3 is 0 Å². The third kappa shape index (κ3) is 4.67. The normalized spacial score (nSPS) is 13.4. The fraction of sp³-hybridized carbons (Fsp3) is 0.381. The van der Waals surface area contributed by atoms with E-state index in [-0.39, 0.29) is 0 Å². The Balaban J connectivity index is 0.000000391. The minimum Gasteiger partial charge on any atom is -0.493 e. The smallest absolute Gasteiger partial charge is 0.211 e. The van der Waals surface area contributed by atoms with Crippen molar-refractivity contribution in [3.05, 3.63) is 42.5 Å². The first kappa shape index (κ1) is 19.8. The van der Waals surface area contributed by atoms with Crippen LogP contribution in [-0.2, 0) is 16.0 Å². The minimum absolute atomic E-state index is 0.550. The second kappa shape index (κ2) is 9.32. The SMILES string of the molecule is CC1COC1.CCOc1cc(-n2cnc(CC)c2)nc2ccc(NC=O)cc12. The number of amides is 1. The Morgan fingerprint density at radius 1 is 1.32 bits per heavy atom. The number of ether oxygens (including phenoxy) is 2. The third-order valence-corrected chi connectivity index (χ3v) is 4.35. The number of benzene rings is 1. The molecule has 148 valence electrons. The van der Waals surface area contributed by atoms with Gasteiger partial charge in [0.05, 0.1) is 31.0 Å². The zero-order valence-corrected chi connectivity index (χ0v) is 16.5. The van der Waals surface area contributed by atoms with Crippen molar-refractivity contribution in [1.82, 2.24) is 14.5 Å². The average Bonchev–Trinajstić information content (AvgIpc) is 3.17. The molecule has 1 aliphatic rings. The summed E-state index contributed by atoms with van der Waals surface area (Å²) in [5, 5.41) is 3.51. The van der Waals surface area contributed by atoms with Crippen LogP contribution in [0.3, 0.4) is 0 Å². The quantitative estimate of drug-likeness (QED) is 0.659. The first-order chi connectivity index (χ1) is 13.6. The molecule has 3 aromatic rings. The highest BCUT2D eigenvalue weighted by atomic mass is 16.5. The molecule has 0 saturated carbocycles. The Bertz CT molecular complexity index is 935. The Labute approximate surface area is 164 Å². The summed E-state index contributed by atoms with van der Waals surface area (Å²) in [6.07, 6.45) is 5.25. The molecule has 1 aromatic carbocycles. The molecule has 0 atom stereocenters. The summed E-state index contributed by atoms with van der Waals surface area (Å²) >= 11 is 0. The van der Waals surface area contributed by atoms with Gasteiger partial charge in [-0.25, -0.2) is 9.97 Å². The number of fused-ring (bicyclic) bond motifs is 1. The van der Waals surface area contributed by atoms with Crippen molar-refractivity contribution in [3.63, 3.8) is 0 Å². The molecule has 1 aliphatic heterocycles. The average molecular weight is 382 g/mol. The summed E-state index contributed by atoms with van der Waals surface area (Å²) < 4.78 is 12.5. The lowest BCUT2D eigenvalue weighted by Gasteiger charge is -2.20. The van der Waals surface area contributed by atoms with Crippen LogP contribution in [0.4, 0.5) is 5.69 Å². The molecule has 7 heteroatoms. The molecule has 7 nitrogen and oxygen atoms in total. The van der Waals surface area contributed by atoms with Gasteiger partial charge in [-0.1, -0.05) is 13.8 Å².